The maximum atomic E-state index is 13.5. The monoisotopic (exact) mass is 621 g/mol. The number of likely N-dealkylation sites (tertiary alicyclic amines) is 1. The van der Waals surface area contributed by atoms with Crippen LogP contribution in [0.1, 0.15) is 29.7 Å². The van der Waals surface area contributed by atoms with E-state index in [9.17, 15) is 14.4 Å². The molecule has 9 nitrogen and oxygen atoms in total. The normalized spacial score (nSPS) is 15.8. The fraction of sp³-hybridized carbons (Fsp3) is 0.367. The Balaban J connectivity index is 1.36. The van der Waals surface area contributed by atoms with E-state index in [1.165, 1.54) is 16.2 Å². The zero-order valence-corrected chi connectivity index (χ0v) is 26.4. The largest absolute Gasteiger partial charge is 0.360 e. The fourth-order valence-corrected chi connectivity index (χ4v) is 7.50. The highest BCUT2D eigenvalue weighted by atomic mass is 35.5. The number of aromatic nitrogens is 3. The Hall–Kier alpha value is -3.38. The summed E-state index contributed by atoms with van der Waals surface area (Å²) in [6.45, 7) is 8.17. The van der Waals surface area contributed by atoms with Crippen LogP contribution in [0.25, 0.3) is 21.3 Å². The van der Waals surface area contributed by atoms with Crippen molar-refractivity contribution in [1.82, 2.24) is 19.7 Å². The standard InChI is InChI=1S/C30H32ClN5O4SSi/c1-42(2,3)11-10-40-18-34-16-21(15-33-34)36-28(39)5-4-19-12-20(31)13-24(29(19)36)23-8-9-32-25-14-22(41-30(23)25)17-35-26(37)6-7-27(35)38/h8-9,12-16H,4-7,10-11,17-18H2,1-3H3. The summed E-state index contributed by atoms with van der Waals surface area (Å²) < 4.78 is 8.50. The number of halogens is 1. The van der Waals surface area contributed by atoms with Crippen LogP contribution in [0.4, 0.5) is 11.4 Å². The molecular weight excluding hydrogens is 590 g/mol. The second kappa shape index (κ2) is 11.4. The highest BCUT2D eigenvalue weighted by Crippen LogP contribution is 2.46. The molecule has 2 aliphatic rings. The average molecular weight is 622 g/mol. The molecule has 1 fully saturated rings. The molecule has 1 aromatic carbocycles. The minimum absolute atomic E-state index is 0.0199. The van der Waals surface area contributed by atoms with Crippen LogP contribution in [0, 0.1) is 0 Å². The molecule has 1 saturated heterocycles. The Labute approximate surface area is 254 Å². The van der Waals surface area contributed by atoms with Crippen molar-refractivity contribution in [2.24, 2.45) is 0 Å². The maximum Gasteiger partial charge on any atom is 0.232 e. The van der Waals surface area contributed by atoms with Gasteiger partial charge in [0.15, 0.2) is 0 Å². The number of imide groups is 1. The van der Waals surface area contributed by atoms with Gasteiger partial charge in [-0.15, -0.1) is 11.3 Å². The van der Waals surface area contributed by atoms with Gasteiger partial charge in [0.05, 0.1) is 40.5 Å². The highest BCUT2D eigenvalue weighted by Gasteiger charge is 2.32. The first-order chi connectivity index (χ1) is 20.1. The van der Waals surface area contributed by atoms with E-state index in [0.29, 0.717) is 36.9 Å². The number of anilines is 2. The minimum atomic E-state index is -1.20. The Kier molecular flexibility index (Phi) is 7.77. The summed E-state index contributed by atoms with van der Waals surface area (Å²) in [5.74, 6) is -0.315. The summed E-state index contributed by atoms with van der Waals surface area (Å²) >= 11 is 8.14. The summed E-state index contributed by atoms with van der Waals surface area (Å²) in [7, 11) is -1.20. The Bertz CT molecular complexity index is 1700. The lowest BCUT2D eigenvalue weighted by molar-refractivity contribution is -0.139. The van der Waals surface area contributed by atoms with E-state index in [1.54, 1.807) is 22.0 Å². The molecule has 5 heterocycles. The van der Waals surface area contributed by atoms with Crippen molar-refractivity contribution in [2.45, 2.75) is 64.6 Å². The van der Waals surface area contributed by atoms with Crippen LogP contribution < -0.4 is 4.90 Å². The van der Waals surface area contributed by atoms with Crippen LogP contribution in [-0.4, -0.2) is 52.1 Å². The van der Waals surface area contributed by atoms with Gasteiger partial charge in [-0.3, -0.25) is 29.2 Å². The van der Waals surface area contributed by atoms with Gasteiger partial charge < -0.3 is 4.74 Å². The van der Waals surface area contributed by atoms with Crippen molar-refractivity contribution >= 4 is 70.3 Å². The van der Waals surface area contributed by atoms with Crippen LogP contribution in [0.5, 0.6) is 0 Å². The first-order valence-corrected chi connectivity index (χ1v) is 18.9. The van der Waals surface area contributed by atoms with Crippen LogP contribution >= 0.6 is 22.9 Å². The number of hydrogen-bond acceptors (Lipinski definition) is 7. The number of ether oxygens (including phenoxy) is 1. The number of amides is 3. The molecule has 4 aromatic rings. The Morgan fingerprint density at radius 1 is 1.00 bits per heavy atom. The Morgan fingerprint density at radius 2 is 1.76 bits per heavy atom. The minimum Gasteiger partial charge on any atom is -0.360 e. The smallest absolute Gasteiger partial charge is 0.232 e. The first-order valence-electron chi connectivity index (χ1n) is 14.0. The van der Waals surface area contributed by atoms with Crippen LogP contribution in [0.2, 0.25) is 30.7 Å². The summed E-state index contributed by atoms with van der Waals surface area (Å²) in [5.41, 5.74) is 4.89. The van der Waals surface area contributed by atoms with E-state index in [4.69, 9.17) is 16.3 Å². The van der Waals surface area contributed by atoms with Gasteiger partial charge in [0.25, 0.3) is 0 Å². The number of fused-ring (bicyclic) bond motifs is 2. The number of rotatable bonds is 9. The van der Waals surface area contributed by atoms with E-state index in [2.05, 4.69) is 29.7 Å². The van der Waals surface area contributed by atoms with E-state index in [-0.39, 0.29) is 37.1 Å². The molecule has 6 rings (SSSR count). The zero-order valence-electron chi connectivity index (χ0n) is 23.9. The van der Waals surface area contributed by atoms with Crippen molar-refractivity contribution in [3.8, 4) is 11.1 Å². The summed E-state index contributed by atoms with van der Waals surface area (Å²) in [4.78, 5) is 46.4. The van der Waals surface area contributed by atoms with Gasteiger partial charge in [-0.2, -0.15) is 5.10 Å². The molecular formula is C30H32ClN5O4SSi. The average Bonchev–Trinajstić information content (AvgIpc) is 3.65. The predicted octanol–water partition coefficient (Wildman–Crippen LogP) is 6.39. The molecule has 2 aliphatic heterocycles. The number of thiophene rings is 1. The molecule has 42 heavy (non-hydrogen) atoms. The lowest BCUT2D eigenvalue weighted by atomic mass is 9.93. The number of pyridine rings is 1. The number of carbonyl (C=O) groups is 3. The van der Waals surface area contributed by atoms with Gasteiger partial charge in [-0.05, 0) is 42.3 Å². The second-order valence-electron chi connectivity index (χ2n) is 11.9. The van der Waals surface area contributed by atoms with Crippen LogP contribution in [0.15, 0.2) is 42.9 Å². The molecule has 3 aromatic heterocycles. The first kappa shape index (κ1) is 28.7. The third-order valence-electron chi connectivity index (χ3n) is 7.55. The molecule has 3 amide bonds. The Morgan fingerprint density at radius 3 is 2.52 bits per heavy atom. The van der Waals surface area contributed by atoms with Gasteiger partial charge in [0, 0.05) is 61.2 Å². The maximum absolute atomic E-state index is 13.5. The third-order valence-corrected chi connectivity index (χ3v) is 10.6. The topological polar surface area (TPSA) is 97.6 Å². The molecule has 218 valence electrons. The molecule has 0 spiro atoms. The van der Waals surface area contributed by atoms with E-state index >= 15 is 0 Å². The van der Waals surface area contributed by atoms with Crippen molar-refractivity contribution in [3.63, 3.8) is 0 Å². The lowest BCUT2D eigenvalue weighted by Gasteiger charge is -2.31. The number of hydrogen-bond donors (Lipinski definition) is 0. The molecule has 12 heteroatoms. The molecule has 0 N–H and O–H groups in total. The van der Waals surface area contributed by atoms with Crippen LogP contribution in [0.3, 0.4) is 0 Å². The number of carbonyl (C=O) groups excluding carboxylic acids is 3. The van der Waals surface area contributed by atoms with E-state index in [1.807, 2.05) is 30.5 Å². The summed E-state index contributed by atoms with van der Waals surface area (Å²) in [6.07, 6.45) is 6.73. The van der Waals surface area contributed by atoms with Gasteiger partial charge in [0.1, 0.15) is 6.73 Å². The van der Waals surface area contributed by atoms with Crippen molar-refractivity contribution in [2.75, 3.05) is 11.5 Å². The fourth-order valence-electron chi connectivity index (χ4n) is 5.37. The zero-order chi connectivity index (χ0) is 29.6. The summed E-state index contributed by atoms with van der Waals surface area (Å²) in [5, 5.41) is 5.07. The van der Waals surface area contributed by atoms with E-state index < -0.39 is 8.07 Å². The third kappa shape index (κ3) is 5.78. The van der Waals surface area contributed by atoms with Crippen molar-refractivity contribution < 1.29 is 19.1 Å². The summed E-state index contributed by atoms with van der Waals surface area (Å²) in [6, 6.07) is 8.73. The molecule has 0 unspecified atom stereocenters. The number of benzene rings is 1. The van der Waals surface area contributed by atoms with Gasteiger partial charge in [0.2, 0.25) is 17.7 Å². The van der Waals surface area contributed by atoms with E-state index in [0.717, 1.165) is 43.5 Å². The second-order valence-corrected chi connectivity index (χ2v) is 19.1. The lowest BCUT2D eigenvalue weighted by Crippen LogP contribution is -2.31. The quantitative estimate of drug-likeness (QED) is 0.122. The number of aryl methyl sites for hydroxylation is 1. The van der Waals surface area contributed by atoms with Crippen molar-refractivity contribution in [1.29, 1.82) is 0 Å². The van der Waals surface area contributed by atoms with Gasteiger partial charge >= 0.3 is 0 Å². The highest BCUT2D eigenvalue weighted by molar-refractivity contribution is 7.19. The van der Waals surface area contributed by atoms with Crippen molar-refractivity contribution in [3.05, 3.63) is 58.3 Å². The molecule has 0 bridgehead atoms. The number of nitrogens with zero attached hydrogens (tertiary/aromatic N) is 5. The predicted molar refractivity (Wildman–Crippen MR) is 167 cm³/mol. The van der Waals surface area contributed by atoms with Gasteiger partial charge in [-0.25, -0.2) is 4.68 Å². The molecule has 0 radical (unpaired) electrons. The van der Waals surface area contributed by atoms with Gasteiger partial charge in [-0.1, -0.05) is 31.2 Å². The van der Waals surface area contributed by atoms with Crippen LogP contribution in [-0.2, 0) is 38.8 Å². The SMILES string of the molecule is C[Si](C)(C)CCOCn1cc(N2C(=O)CCc3cc(Cl)cc(-c4ccnc5cc(CN6C(=O)CCC6=O)sc45)c32)cn1. The molecule has 0 saturated carbocycles. The molecule has 0 aliphatic carbocycles. The molecule has 0 atom stereocenters.